The van der Waals surface area contributed by atoms with Crippen molar-refractivity contribution in [2.45, 2.75) is 71.2 Å². The van der Waals surface area contributed by atoms with Crippen molar-refractivity contribution < 1.29 is 32.2 Å². The third-order valence-corrected chi connectivity index (χ3v) is 9.28. The van der Waals surface area contributed by atoms with Gasteiger partial charge in [-0.3, -0.25) is 9.69 Å². The normalized spacial score (nSPS) is 19.1. The molecule has 274 valence electrons. The lowest BCUT2D eigenvalue weighted by atomic mass is 10.0. The minimum absolute atomic E-state index is 0.0132. The first kappa shape index (κ1) is 36.3. The van der Waals surface area contributed by atoms with Gasteiger partial charge in [-0.15, -0.1) is 0 Å². The Labute approximate surface area is 293 Å². The van der Waals surface area contributed by atoms with Crippen LogP contribution in [0.5, 0.6) is 0 Å². The highest BCUT2D eigenvalue weighted by Crippen LogP contribution is 2.41. The number of likely N-dealkylation sites (N-methyl/N-ethyl adjacent to an activating group) is 1. The fourth-order valence-electron chi connectivity index (χ4n) is 6.81. The number of piperazine rings is 1. The molecule has 14 nitrogen and oxygen atoms in total. The molecule has 0 N–H and O–H groups in total. The van der Waals surface area contributed by atoms with Gasteiger partial charge in [-0.1, -0.05) is 26.0 Å². The number of benzene rings is 1. The van der Waals surface area contributed by atoms with Gasteiger partial charge in [0, 0.05) is 44.3 Å². The van der Waals surface area contributed by atoms with E-state index in [2.05, 4.69) is 34.9 Å². The summed E-state index contributed by atoms with van der Waals surface area (Å²) in [5.74, 6) is 0.585. The molecule has 6 rings (SSSR count). The highest BCUT2D eigenvalue weighted by Gasteiger charge is 2.41. The monoisotopic (exact) mass is 713 g/mol. The summed E-state index contributed by atoms with van der Waals surface area (Å²) in [6.07, 6.45) is -5.36. The molecule has 3 aliphatic heterocycles. The summed E-state index contributed by atoms with van der Waals surface area (Å²) < 4.78 is 61.2. The van der Waals surface area contributed by atoms with Crippen LogP contribution in [0, 0.1) is 11.3 Å². The summed E-state index contributed by atoms with van der Waals surface area (Å²) in [4.78, 5) is 44.5. The molecule has 3 aromatic rings. The van der Waals surface area contributed by atoms with Crippen LogP contribution in [0.25, 0.3) is 16.6 Å². The Hall–Kier alpha value is -4.53. The number of amides is 1. The zero-order chi connectivity index (χ0) is 36.7. The number of anilines is 2. The second kappa shape index (κ2) is 14.2. The molecule has 0 aliphatic carbocycles. The molecule has 17 heteroatoms. The first-order valence-corrected chi connectivity index (χ1v) is 17.1. The molecule has 2 aromatic heterocycles. The van der Waals surface area contributed by atoms with Crippen molar-refractivity contribution in [3.8, 4) is 11.8 Å². The van der Waals surface area contributed by atoms with Crippen LogP contribution in [0.3, 0.4) is 0 Å². The fraction of sp³-hybridized carbons (Fsp3) is 0.588. The second-order valence-electron chi connectivity index (χ2n) is 13.7. The van der Waals surface area contributed by atoms with E-state index >= 15 is 0 Å². The van der Waals surface area contributed by atoms with Crippen molar-refractivity contribution >= 4 is 28.8 Å². The van der Waals surface area contributed by atoms with Crippen molar-refractivity contribution in [2.24, 2.45) is 0 Å². The summed E-state index contributed by atoms with van der Waals surface area (Å²) in [7, 11) is 0. The van der Waals surface area contributed by atoms with E-state index in [9.17, 15) is 28.0 Å². The van der Waals surface area contributed by atoms with Crippen LogP contribution in [0.4, 0.5) is 29.7 Å². The summed E-state index contributed by atoms with van der Waals surface area (Å²) >= 11 is 0. The maximum Gasteiger partial charge on any atom is 0.418 e. The number of fused-ring (bicyclic) bond motifs is 1. The Kier molecular flexibility index (Phi) is 10.1. The van der Waals surface area contributed by atoms with Crippen LogP contribution >= 0.6 is 0 Å². The van der Waals surface area contributed by atoms with Crippen molar-refractivity contribution in [3.63, 3.8) is 0 Å². The molecular formula is C34H42F3N9O5. The average molecular weight is 714 g/mol. The molecule has 0 bridgehead atoms. The molecule has 3 fully saturated rings. The van der Waals surface area contributed by atoms with Crippen molar-refractivity contribution in [3.05, 3.63) is 45.9 Å². The zero-order valence-corrected chi connectivity index (χ0v) is 29.3. The van der Waals surface area contributed by atoms with Crippen LogP contribution in [-0.4, -0.2) is 112 Å². The summed E-state index contributed by atoms with van der Waals surface area (Å²) in [6.45, 7) is 13.3. The number of alkyl halides is 3. The quantitative estimate of drug-likeness (QED) is 0.332. The molecule has 0 radical (unpaired) electrons. The van der Waals surface area contributed by atoms with Crippen LogP contribution < -0.4 is 15.4 Å². The number of nitrogens with zero attached hydrogens (tertiary/aromatic N) is 9. The molecule has 51 heavy (non-hydrogen) atoms. The Balaban J connectivity index is 1.45. The Morgan fingerprint density at radius 1 is 1.06 bits per heavy atom. The van der Waals surface area contributed by atoms with E-state index in [1.165, 1.54) is 29.3 Å². The number of rotatable bonds is 8. The maximum atomic E-state index is 14.7. The fourth-order valence-corrected chi connectivity index (χ4v) is 6.81. The minimum Gasteiger partial charge on any atom is -0.444 e. The van der Waals surface area contributed by atoms with Crippen LogP contribution in [0.1, 0.15) is 58.5 Å². The molecule has 1 amide bonds. The van der Waals surface area contributed by atoms with Crippen molar-refractivity contribution in [1.82, 2.24) is 29.5 Å². The topological polar surface area (TPSA) is 142 Å². The molecule has 1 atom stereocenters. The van der Waals surface area contributed by atoms with Crippen LogP contribution in [0.2, 0.25) is 0 Å². The minimum atomic E-state index is -4.88. The zero-order valence-electron chi connectivity index (χ0n) is 29.3. The SMILES string of the molecule is CCN(CC)C1CN(c2nc(N3CCN(C(=O)OC(C)(C)C)C(CC#N)C3)c3cnn(-c4cccc(C5OCCO5)c4C(F)(F)F)c(=O)c3n2)C1. The number of hydrogen-bond acceptors (Lipinski definition) is 12. The van der Waals surface area contributed by atoms with E-state index in [4.69, 9.17) is 19.2 Å². The highest BCUT2D eigenvalue weighted by atomic mass is 19.4. The van der Waals surface area contributed by atoms with Gasteiger partial charge in [0.1, 0.15) is 16.9 Å². The first-order chi connectivity index (χ1) is 24.2. The molecule has 3 saturated heterocycles. The van der Waals surface area contributed by atoms with Gasteiger partial charge >= 0.3 is 12.3 Å². The van der Waals surface area contributed by atoms with Crippen LogP contribution in [-0.2, 0) is 20.4 Å². The van der Waals surface area contributed by atoms with Crippen molar-refractivity contribution in [1.29, 1.82) is 5.26 Å². The van der Waals surface area contributed by atoms with Gasteiger partial charge in [0.25, 0.3) is 5.56 Å². The third kappa shape index (κ3) is 7.30. The van der Waals surface area contributed by atoms with Crippen molar-refractivity contribution in [2.75, 3.05) is 68.8 Å². The van der Waals surface area contributed by atoms with E-state index < -0.39 is 47.0 Å². The Morgan fingerprint density at radius 3 is 2.39 bits per heavy atom. The molecule has 3 aliphatic rings. The lowest BCUT2D eigenvalue weighted by Crippen LogP contribution is -2.60. The van der Waals surface area contributed by atoms with E-state index in [0.717, 1.165) is 13.1 Å². The van der Waals surface area contributed by atoms with Gasteiger partial charge in [-0.25, -0.2) is 9.78 Å². The van der Waals surface area contributed by atoms with E-state index in [-0.39, 0.29) is 67.7 Å². The molecule has 5 heterocycles. The van der Waals surface area contributed by atoms with Gasteiger partial charge in [0.2, 0.25) is 5.95 Å². The standard InChI is InChI=1S/C34H42F3N9O5/c1-6-42(7-2)22-19-44(20-22)31-40-27-24(28(41-31)43-13-14-45(21(18-43)11-12-38)32(48)51-33(3,4)5)17-39-46(29(27)47)25-10-8-9-23(26(25)34(35,36)37)30-49-15-16-50-30/h8-10,17,21-22,30H,6-7,11,13-16,18-20H2,1-5H3. The third-order valence-electron chi connectivity index (χ3n) is 9.28. The molecular weight excluding hydrogens is 671 g/mol. The number of ether oxygens (including phenoxy) is 3. The first-order valence-electron chi connectivity index (χ1n) is 17.1. The van der Waals surface area contributed by atoms with Gasteiger partial charge in [-0.05, 0) is 39.9 Å². The van der Waals surface area contributed by atoms with E-state index in [1.54, 1.807) is 20.8 Å². The number of aromatic nitrogens is 4. The smallest absolute Gasteiger partial charge is 0.418 e. The predicted molar refractivity (Wildman–Crippen MR) is 181 cm³/mol. The molecule has 1 aromatic carbocycles. The van der Waals surface area contributed by atoms with Gasteiger partial charge in [-0.2, -0.15) is 33.2 Å². The average Bonchev–Trinajstić information content (AvgIpc) is 3.60. The van der Waals surface area contributed by atoms with E-state index in [1.807, 2.05) is 9.80 Å². The van der Waals surface area contributed by atoms with Gasteiger partial charge in [0.15, 0.2) is 6.29 Å². The lowest BCUT2D eigenvalue weighted by molar-refractivity contribution is -0.142. The summed E-state index contributed by atoms with van der Waals surface area (Å²) in [5.41, 5.74) is -3.56. The Bertz CT molecular complexity index is 1860. The maximum absolute atomic E-state index is 14.7. The van der Waals surface area contributed by atoms with Crippen LogP contribution in [0.15, 0.2) is 29.2 Å². The van der Waals surface area contributed by atoms with E-state index in [0.29, 0.717) is 23.6 Å². The Morgan fingerprint density at radius 2 is 1.76 bits per heavy atom. The number of carbonyl (C=O) groups is 1. The largest absolute Gasteiger partial charge is 0.444 e. The number of nitriles is 1. The molecule has 1 unspecified atom stereocenters. The number of halogens is 3. The molecule has 0 saturated carbocycles. The predicted octanol–water partition coefficient (Wildman–Crippen LogP) is 4.11. The summed E-state index contributed by atoms with van der Waals surface area (Å²) in [5, 5.41) is 14.1. The number of hydrogen-bond donors (Lipinski definition) is 0. The number of carbonyl (C=O) groups excluding carboxylic acids is 1. The lowest BCUT2D eigenvalue weighted by Gasteiger charge is -2.45. The molecule has 0 spiro atoms. The van der Waals surface area contributed by atoms with Gasteiger partial charge in [0.05, 0.1) is 54.6 Å². The summed E-state index contributed by atoms with van der Waals surface area (Å²) in [6, 6.07) is 5.66. The van der Waals surface area contributed by atoms with Gasteiger partial charge < -0.3 is 28.9 Å². The second-order valence-corrected chi connectivity index (χ2v) is 13.7. The highest BCUT2D eigenvalue weighted by molar-refractivity contribution is 5.90.